The van der Waals surface area contributed by atoms with Crippen LogP contribution in [-0.4, -0.2) is 17.9 Å². The maximum absolute atomic E-state index is 12.6. The molecule has 1 aromatic heterocycles. The number of carbonyl (C=O) groups excluding carboxylic acids is 2. The maximum Gasteiger partial charge on any atom is 0.265 e. The van der Waals surface area contributed by atoms with Gasteiger partial charge in [0, 0.05) is 9.90 Å². The molecule has 1 aliphatic rings. The second-order valence-electron chi connectivity index (χ2n) is 6.10. The van der Waals surface area contributed by atoms with Crippen molar-refractivity contribution in [3.05, 3.63) is 43.7 Å². The van der Waals surface area contributed by atoms with Crippen LogP contribution in [0.1, 0.15) is 40.6 Å². The van der Waals surface area contributed by atoms with E-state index in [4.69, 9.17) is 22.1 Å². The Kier molecular flexibility index (Phi) is 5.89. The molecule has 1 aliphatic carbocycles. The Balaban J connectivity index is 1.77. The van der Waals surface area contributed by atoms with Crippen LogP contribution in [0.25, 0.3) is 0 Å². The zero-order valence-electron chi connectivity index (χ0n) is 14.1. The van der Waals surface area contributed by atoms with E-state index in [1.165, 1.54) is 11.3 Å². The summed E-state index contributed by atoms with van der Waals surface area (Å²) >= 11 is 10.7. The number of hydrogen-bond acceptors (Lipinski definition) is 4. The van der Waals surface area contributed by atoms with Gasteiger partial charge in [-0.05, 0) is 72.3 Å². The highest BCUT2D eigenvalue weighted by molar-refractivity contribution is 9.10. The standard InChI is InChI=1S/C18H18BrClN2O3S/c1-9(25-13-7-6-10(20)8-12(13)19)17(24)22-18-15(16(21)23)11-4-2-3-5-14(11)26-18/h6-9H,2-5H2,1H3,(H2,21,23)(H,22,24). The van der Waals surface area contributed by atoms with Crippen LogP contribution in [0.3, 0.4) is 0 Å². The number of fused-ring (bicyclic) bond motifs is 1. The van der Waals surface area contributed by atoms with Crippen molar-refractivity contribution in [2.45, 2.75) is 38.7 Å². The molecule has 0 fully saturated rings. The number of aryl methyl sites for hydroxylation is 1. The van der Waals surface area contributed by atoms with Crippen molar-refractivity contribution in [2.24, 2.45) is 5.73 Å². The van der Waals surface area contributed by atoms with E-state index < -0.39 is 12.0 Å². The number of nitrogens with one attached hydrogen (secondary N) is 1. The molecule has 3 N–H and O–H groups in total. The number of anilines is 1. The first-order valence-electron chi connectivity index (χ1n) is 8.23. The van der Waals surface area contributed by atoms with Gasteiger partial charge in [0.05, 0.1) is 10.0 Å². The number of primary amides is 1. The summed E-state index contributed by atoms with van der Waals surface area (Å²) in [6, 6.07) is 5.07. The Morgan fingerprint density at radius 1 is 1.35 bits per heavy atom. The average molecular weight is 458 g/mol. The van der Waals surface area contributed by atoms with Crippen LogP contribution in [-0.2, 0) is 17.6 Å². The summed E-state index contributed by atoms with van der Waals surface area (Å²) in [6.45, 7) is 1.65. The van der Waals surface area contributed by atoms with Gasteiger partial charge in [0.15, 0.2) is 6.10 Å². The van der Waals surface area contributed by atoms with Crippen LogP contribution < -0.4 is 15.8 Å². The predicted octanol–water partition coefficient (Wildman–Crippen LogP) is 4.55. The van der Waals surface area contributed by atoms with E-state index in [0.717, 1.165) is 36.1 Å². The zero-order valence-corrected chi connectivity index (χ0v) is 17.3. The Hall–Kier alpha value is -1.57. The van der Waals surface area contributed by atoms with E-state index in [0.29, 0.717) is 25.8 Å². The lowest BCUT2D eigenvalue weighted by Gasteiger charge is -2.16. The van der Waals surface area contributed by atoms with Gasteiger partial charge < -0.3 is 15.8 Å². The molecular formula is C18H18BrClN2O3S. The lowest BCUT2D eigenvalue weighted by Crippen LogP contribution is -2.30. The molecule has 3 rings (SSSR count). The van der Waals surface area contributed by atoms with Gasteiger partial charge in [-0.3, -0.25) is 9.59 Å². The lowest BCUT2D eigenvalue weighted by molar-refractivity contribution is -0.122. The lowest BCUT2D eigenvalue weighted by atomic mass is 9.95. The highest BCUT2D eigenvalue weighted by Gasteiger charge is 2.26. The number of ether oxygens (including phenoxy) is 1. The van der Waals surface area contributed by atoms with E-state index >= 15 is 0 Å². The topological polar surface area (TPSA) is 81.4 Å². The van der Waals surface area contributed by atoms with Gasteiger partial charge in [0.1, 0.15) is 10.8 Å². The number of thiophene rings is 1. The third-order valence-electron chi connectivity index (χ3n) is 4.22. The van der Waals surface area contributed by atoms with Crippen molar-refractivity contribution in [3.8, 4) is 5.75 Å². The largest absolute Gasteiger partial charge is 0.480 e. The average Bonchev–Trinajstić information content (AvgIpc) is 2.95. The Bertz CT molecular complexity index is 868. The molecule has 1 unspecified atom stereocenters. The summed E-state index contributed by atoms with van der Waals surface area (Å²) in [6.07, 6.45) is 3.10. The third-order valence-corrected chi connectivity index (χ3v) is 6.28. The fraction of sp³-hybridized carbons (Fsp3) is 0.333. The summed E-state index contributed by atoms with van der Waals surface area (Å²) < 4.78 is 6.37. The Morgan fingerprint density at radius 3 is 2.77 bits per heavy atom. The second kappa shape index (κ2) is 7.98. The van der Waals surface area contributed by atoms with Crippen LogP contribution in [0.5, 0.6) is 5.75 Å². The van der Waals surface area contributed by atoms with E-state index in [-0.39, 0.29) is 5.91 Å². The molecule has 0 saturated heterocycles. The highest BCUT2D eigenvalue weighted by Crippen LogP contribution is 2.38. The van der Waals surface area contributed by atoms with E-state index in [9.17, 15) is 9.59 Å². The Labute approximate surface area is 169 Å². The molecule has 0 spiro atoms. The molecule has 0 saturated carbocycles. The van der Waals surface area contributed by atoms with Crippen molar-refractivity contribution in [1.29, 1.82) is 0 Å². The molecule has 0 bridgehead atoms. The molecule has 0 radical (unpaired) electrons. The summed E-state index contributed by atoms with van der Waals surface area (Å²) in [7, 11) is 0. The first-order valence-corrected chi connectivity index (χ1v) is 10.2. The number of carbonyl (C=O) groups is 2. The second-order valence-corrected chi connectivity index (χ2v) is 8.50. The predicted molar refractivity (Wildman–Crippen MR) is 107 cm³/mol. The van der Waals surface area contributed by atoms with Gasteiger partial charge in [0.25, 0.3) is 11.8 Å². The van der Waals surface area contributed by atoms with Gasteiger partial charge in [0.2, 0.25) is 0 Å². The van der Waals surface area contributed by atoms with Crippen LogP contribution in [0.15, 0.2) is 22.7 Å². The molecule has 5 nitrogen and oxygen atoms in total. The number of rotatable bonds is 5. The van der Waals surface area contributed by atoms with E-state index in [1.807, 2.05) is 0 Å². The minimum atomic E-state index is -0.757. The smallest absolute Gasteiger partial charge is 0.265 e. The van der Waals surface area contributed by atoms with Gasteiger partial charge in [-0.25, -0.2) is 0 Å². The number of nitrogens with two attached hydrogens (primary N) is 1. The molecule has 138 valence electrons. The number of benzene rings is 1. The summed E-state index contributed by atoms with van der Waals surface area (Å²) in [5.41, 5.74) is 6.99. The summed E-state index contributed by atoms with van der Waals surface area (Å²) in [5.74, 6) is -0.334. The van der Waals surface area contributed by atoms with Crippen molar-refractivity contribution < 1.29 is 14.3 Å². The van der Waals surface area contributed by atoms with Crippen molar-refractivity contribution in [2.75, 3.05) is 5.32 Å². The first-order chi connectivity index (χ1) is 12.4. The van der Waals surface area contributed by atoms with Crippen molar-refractivity contribution in [1.82, 2.24) is 0 Å². The quantitative estimate of drug-likeness (QED) is 0.691. The van der Waals surface area contributed by atoms with Gasteiger partial charge in [-0.2, -0.15) is 0 Å². The third kappa shape index (κ3) is 4.05. The molecular weight excluding hydrogens is 440 g/mol. The van der Waals surface area contributed by atoms with Crippen molar-refractivity contribution >= 4 is 55.7 Å². The highest BCUT2D eigenvalue weighted by atomic mass is 79.9. The minimum absolute atomic E-state index is 0.340. The summed E-state index contributed by atoms with van der Waals surface area (Å²) in [4.78, 5) is 25.6. The van der Waals surface area contributed by atoms with Gasteiger partial charge in [-0.1, -0.05) is 11.6 Å². The monoisotopic (exact) mass is 456 g/mol. The molecule has 1 atom stereocenters. The first kappa shape index (κ1) is 19.2. The van der Waals surface area contributed by atoms with Crippen LogP contribution in [0.2, 0.25) is 5.02 Å². The molecule has 2 amide bonds. The van der Waals surface area contributed by atoms with Gasteiger partial charge >= 0.3 is 0 Å². The van der Waals surface area contributed by atoms with Crippen molar-refractivity contribution in [3.63, 3.8) is 0 Å². The van der Waals surface area contributed by atoms with Crippen LogP contribution in [0, 0.1) is 0 Å². The van der Waals surface area contributed by atoms with E-state index in [2.05, 4.69) is 21.2 Å². The molecule has 8 heteroatoms. The number of hydrogen-bond donors (Lipinski definition) is 2. The molecule has 26 heavy (non-hydrogen) atoms. The minimum Gasteiger partial charge on any atom is -0.480 e. The molecule has 2 aromatic rings. The number of amides is 2. The number of halogens is 2. The zero-order chi connectivity index (χ0) is 18.8. The molecule has 0 aliphatic heterocycles. The molecule has 1 aromatic carbocycles. The SMILES string of the molecule is CC(Oc1ccc(Cl)cc1Br)C(=O)Nc1sc2c(c1C(N)=O)CCCC2. The van der Waals surface area contributed by atoms with Crippen LogP contribution >= 0.6 is 38.9 Å². The maximum atomic E-state index is 12.6. The Morgan fingerprint density at radius 2 is 2.08 bits per heavy atom. The van der Waals surface area contributed by atoms with Crippen LogP contribution in [0.4, 0.5) is 5.00 Å². The van der Waals surface area contributed by atoms with E-state index in [1.54, 1.807) is 25.1 Å². The molecule has 1 heterocycles. The fourth-order valence-electron chi connectivity index (χ4n) is 2.94. The normalized spacial score (nSPS) is 14.4. The summed E-state index contributed by atoms with van der Waals surface area (Å²) in [5, 5.41) is 3.89. The van der Waals surface area contributed by atoms with Gasteiger partial charge in [-0.15, -0.1) is 11.3 Å². The fourth-order valence-corrected chi connectivity index (χ4v) is 5.02.